The zero-order valence-corrected chi connectivity index (χ0v) is 16.7. The number of halogens is 1. The maximum atomic E-state index is 13.3. The van der Waals surface area contributed by atoms with Gasteiger partial charge in [0, 0.05) is 11.0 Å². The van der Waals surface area contributed by atoms with E-state index in [2.05, 4.69) is 15.9 Å². The Bertz CT molecular complexity index is 1110. The molecule has 1 aliphatic rings. The third-order valence-electron chi connectivity index (χ3n) is 4.78. The summed E-state index contributed by atoms with van der Waals surface area (Å²) in [6.07, 6.45) is 0. The van der Waals surface area contributed by atoms with Crippen molar-refractivity contribution in [3.8, 4) is 5.75 Å². The van der Waals surface area contributed by atoms with Crippen LogP contribution in [0.5, 0.6) is 5.75 Å². The number of benzene rings is 2. The molecule has 1 aliphatic heterocycles. The normalized spacial score (nSPS) is 15.9. The molecule has 0 bridgehead atoms. The summed E-state index contributed by atoms with van der Waals surface area (Å²) in [5.41, 5.74) is 1.17. The molecule has 2 aromatic carbocycles. The second-order valence-electron chi connectivity index (χ2n) is 6.44. The highest BCUT2D eigenvalue weighted by Gasteiger charge is 2.42. The summed E-state index contributed by atoms with van der Waals surface area (Å²) in [6, 6.07) is 11.7. The lowest BCUT2D eigenvalue weighted by Gasteiger charge is -2.24. The fourth-order valence-corrected chi connectivity index (χ4v) is 3.95. The molecule has 3 aromatic rings. The maximum Gasteiger partial charge on any atom is 0.290 e. The van der Waals surface area contributed by atoms with Crippen LogP contribution in [0.2, 0.25) is 0 Å². The fraction of sp³-hybridized carbons (Fsp3) is 0.238. The lowest BCUT2D eigenvalue weighted by Crippen LogP contribution is -2.32. The van der Waals surface area contributed by atoms with Crippen LogP contribution in [-0.4, -0.2) is 35.7 Å². The third-order valence-corrected chi connectivity index (χ3v) is 5.27. The van der Waals surface area contributed by atoms with Crippen LogP contribution in [0.4, 0.5) is 0 Å². The van der Waals surface area contributed by atoms with Crippen molar-refractivity contribution in [2.45, 2.75) is 13.0 Å². The predicted octanol–water partition coefficient (Wildman–Crippen LogP) is 3.49. The van der Waals surface area contributed by atoms with Crippen molar-refractivity contribution in [2.75, 3.05) is 19.8 Å². The van der Waals surface area contributed by atoms with Crippen molar-refractivity contribution in [1.29, 1.82) is 0 Å². The number of aliphatic hydroxyl groups is 1. The molecular weight excluding hydrogens is 426 g/mol. The first-order valence-corrected chi connectivity index (χ1v) is 9.75. The Labute approximate surface area is 169 Å². The molecule has 0 spiro atoms. The highest BCUT2D eigenvalue weighted by atomic mass is 79.9. The Morgan fingerprint density at radius 2 is 1.93 bits per heavy atom. The van der Waals surface area contributed by atoms with Gasteiger partial charge >= 0.3 is 0 Å². The molecule has 1 atom stereocenters. The summed E-state index contributed by atoms with van der Waals surface area (Å²) in [6.45, 7) is 2.33. The zero-order valence-electron chi connectivity index (χ0n) is 15.1. The number of hydrogen-bond acceptors (Lipinski definition) is 5. The Balaban J connectivity index is 1.92. The van der Waals surface area contributed by atoms with Crippen LogP contribution in [0.3, 0.4) is 0 Å². The van der Waals surface area contributed by atoms with Crippen molar-refractivity contribution in [2.24, 2.45) is 0 Å². The number of nitrogens with zero attached hydrogens (tertiary/aromatic N) is 1. The van der Waals surface area contributed by atoms with Crippen molar-refractivity contribution < 1.29 is 19.1 Å². The summed E-state index contributed by atoms with van der Waals surface area (Å²) in [4.78, 5) is 27.7. The number of carbonyl (C=O) groups excluding carboxylic acids is 1. The first-order valence-electron chi connectivity index (χ1n) is 8.96. The minimum absolute atomic E-state index is 0.0344. The Morgan fingerprint density at radius 1 is 1.18 bits per heavy atom. The lowest BCUT2D eigenvalue weighted by atomic mass is 9.98. The number of aliphatic hydroxyl groups excluding tert-OH is 1. The SMILES string of the molecule is CCOc1ccc(C2c3c(oc4ccc(Br)cc4c3=O)C(=O)N2CCO)cc1. The van der Waals surface area contributed by atoms with E-state index in [0.29, 0.717) is 28.9 Å². The quantitative estimate of drug-likeness (QED) is 0.652. The highest BCUT2D eigenvalue weighted by Crippen LogP contribution is 2.38. The molecule has 0 saturated heterocycles. The van der Waals surface area contributed by atoms with E-state index in [1.54, 1.807) is 30.3 Å². The number of hydrogen-bond donors (Lipinski definition) is 1. The monoisotopic (exact) mass is 443 g/mol. The van der Waals surface area contributed by atoms with E-state index < -0.39 is 11.9 Å². The van der Waals surface area contributed by atoms with Crippen LogP contribution < -0.4 is 10.2 Å². The van der Waals surface area contributed by atoms with Gasteiger partial charge in [-0.25, -0.2) is 0 Å². The Hall–Kier alpha value is -2.64. The third kappa shape index (κ3) is 3.00. The van der Waals surface area contributed by atoms with Crippen molar-refractivity contribution >= 4 is 32.8 Å². The fourth-order valence-electron chi connectivity index (χ4n) is 3.59. The van der Waals surface area contributed by atoms with E-state index >= 15 is 0 Å². The predicted molar refractivity (Wildman–Crippen MR) is 108 cm³/mol. The number of carbonyl (C=O) groups is 1. The van der Waals surface area contributed by atoms with Gasteiger partial charge in [-0.1, -0.05) is 28.1 Å². The number of ether oxygens (including phenoxy) is 1. The van der Waals surface area contributed by atoms with E-state index in [1.807, 2.05) is 19.1 Å². The van der Waals surface area contributed by atoms with Crippen LogP contribution in [0.25, 0.3) is 11.0 Å². The molecule has 2 heterocycles. The van der Waals surface area contributed by atoms with Crippen molar-refractivity contribution in [1.82, 2.24) is 4.90 Å². The van der Waals surface area contributed by atoms with E-state index in [4.69, 9.17) is 9.15 Å². The maximum absolute atomic E-state index is 13.3. The second kappa shape index (κ2) is 7.41. The molecule has 0 aliphatic carbocycles. The molecule has 6 nitrogen and oxygen atoms in total. The van der Waals surface area contributed by atoms with Gasteiger partial charge in [0.25, 0.3) is 5.91 Å². The number of β-amino-alcohol motifs (C(OH)–C–C–N with tert-alkyl or cyclic N) is 1. The van der Waals surface area contributed by atoms with Crippen molar-refractivity contribution in [3.63, 3.8) is 0 Å². The van der Waals surface area contributed by atoms with Crippen LogP contribution in [0.15, 0.2) is 56.1 Å². The van der Waals surface area contributed by atoms with Gasteiger partial charge < -0.3 is 19.2 Å². The molecular formula is C21H18BrNO5. The van der Waals surface area contributed by atoms with E-state index in [-0.39, 0.29) is 24.3 Å². The van der Waals surface area contributed by atoms with Crippen LogP contribution in [0, 0.1) is 0 Å². The molecule has 4 rings (SSSR count). The summed E-state index contributed by atoms with van der Waals surface area (Å²) < 4.78 is 12.1. The minimum Gasteiger partial charge on any atom is -0.494 e. The van der Waals surface area contributed by atoms with Gasteiger partial charge in [0.15, 0.2) is 5.43 Å². The van der Waals surface area contributed by atoms with E-state index in [1.165, 1.54) is 4.90 Å². The largest absolute Gasteiger partial charge is 0.494 e. The van der Waals surface area contributed by atoms with Crippen molar-refractivity contribution in [3.05, 3.63) is 74.0 Å². The molecule has 0 fully saturated rings. The minimum atomic E-state index is -0.620. The van der Waals surface area contributed by atoms with Gasteiger partial charge in [0.1, 0.15) is 11.3 Å². The molecule has 1 N–H and O–H groups in total. The van der Waals surface area contributed by atoms with Gasteiger partial charge in [0.2, 0.25) is 5.76 Å². The van der Waals surface area contributed by atoms with Gasteiger partial charge in [-0.3, -0.25) is 9.59 Å². The average Bonchev–Trinajstić information content (AvgIpc) is 2.96. The molecule has 0 radical (unpaired) electrons. The number of amides is 1. The first-order chi connectivity index (χ1) is 13.5. The topological polar surface area (TPSA) is 80.0 Å². The summed E-state index contributed by atoms with van der Waals surface area (Å²) in [5, 5.41) is 9.87. The standard InChI is InChI=1S/C21H18BrNO5/c1-2-27-14-6-3-12(4-7-14)18-17-19(25)15-11-13(22)5-8-16(15)28-20(17)21(26)23(18)9-10-24/h3-8,11,18,24H,2,9-10H2,1H3. The highest BCUT2D eigenvalue weighted by molar-refractivity contribution is 9.10. The van der Waals surface area contributed by atoms with Gasteiger partial charge in [-0.15, -0.1) is 0 Å². The molecule has 1 aromatic heterocycles. The average molecular weight is 444 g/mol. The van der Waals surface area contributed by atoms with Crippen LogP contribution in [-0.2, 0) is 0 Å². The smallest absolute Gasteiger partial charge is 0.290 e. The molecule has 1 unspecified atom stereocenters. The molecule has 144 valence electrons. The Kier molecular flexibility index (Phi) is 4.95. The molecule has 7 heteroatoms. The lowest BCUT2D eigenvalue weighted by molar-refractivity contribution is 0.0691. The molecule has 28 heavy (non-hydrogen) atoms. The molecule has 1 amide bonds. The van der Waals surface area contributed by atoms with Crippen LogP contribution >= 0.6 is 15.9 Å². The van der Waals surface area contributed by atoms with Gasteiger partial charge in [-0.2, -0.15) is 0 Å². The van der Waals surface area contributed by atoms with Crippen LogP contribution in [0.1, 0.15) is 34.6 Å². The van der Waals surface area contributed by atoms with E-state index in [9.17, 15) is 14.7 Å². The Morgan fingerprint density at radius 3 is 2.61 bits per heavy atom. The first kappa shape index (κ1) is 18.7. The zero-order chi connectivity index (χ0) is 19.8. The van der Waals surface area contributed by atoms with E-state index in [0.717, 1.165) is 10.0 Å². The summed E-state index contributed by atoms with van der Waals surface area (Å²) in [5.74, 6) is 0.344. The second-order valence-corrected chi connectivity index (χ2v) is 7.36. The summed E-state index contributed by atoms with van der Waals surface area (Å²) >= 11 is 3.37. The number of rotatable bonds is 5. The summed E-state index contributed by atoms with van der Waals surface area (Å²) in [7, 11) is 0. The van der Waals surface area contributed by atoms with Gasteiger partial charge in [-0.05, 0) is 42.8 Å². The molecule has 0 saturated carbocycles. The van der Waals surface area contributed by atoms with Gasteiger partial charge in [0.05, 0.1) is 30.2 Å². The number of fused-ring (bicyclic) bond motifs is 2.